The van der Waals surface area contributed by atoms with E-state index in [4.69, 9.17) is 16.3 Å². The van der Waals surface area contributed by atoms with Crippen LogP contribution in [0.25, 0.3) is 0 Å². The second kappa shape index (κ2) is 14.7. The number of hydrogen-bond acceptors (Lipinski definition) is 4. The van der Waals surface area contributed by atoms with Crippen molar-refractivity contribution in [3.8, 4) is 0 Å². The van der Waals surface area contributed by atoms with Gasteiger partial charge in [-0.25, -0.2) is 4.39 Å². The maximum atomic E-state index is 14.7. The lowest BCUT2D eigenvalue weighted by Gasteiger charge is -2.38. The zero-order valence-electron chi connectivity index (χ0n) is 17.4. The number of morpholine rings is 1. The van der Waals surface area contributed by atoms with Gasteiger partial charge in [-0.3, -0.25) is 9.89 Å². The van der Waals surface area contributed by atoms with E-state index in [9.17, 15) is 4.39 Å². The summed E-state index contributed by atoms with van der Waals surface area (Å²) in [7, 11) is 1.75. The fraction of sp³-hybridized carbons (Fsp3) is 0.650. The van der Waals surface area contributed by atoms with Crippen molar-refractivity contribution in [2.24, 2.45) is 4.99 Å². The predicted molar refractivity (Wildman–Crippen MR) is 134 cm³/mol. The van der Waals surface area contributed by atoms with Crippen molar-refractivity contribution < 1.29 is 9.13 Å². The fourth-order valence-electron chi connectivity index (χ4n) is 3.36. The van der Waals surface area contributed by atoms with Crippen molar-refractivity contribution in [3.63, 3.8) is 0 Å². The lowest BCUT2D eigenvalue weighted by Crippen LogP contribution is -2.48. The van der Waals surface area contributed by atoms with Crippen LogP contribution in [0.4, 0.5) is 4.39 Å². The van der Waals surface area contributed by atoms with E-state index in [0.717, 1.165) is 37.8 Å². The smallest absolute Gasteiger partial charge is 0.191 e. The Hall–Kier alpha value is -0.290. The van der Waals surface area contributed by atoms with Gasteiger partial charge in [-0.2, -0.15) is 11.8 Å². The second-order valence-corrected chi connectivity index (χ2v) is 8.30. The van der Waals surface area contributed by atoms with E-state index in [0.29, 0.717) is 23.7 Å². The molecule has 1 saturated heterocycles. The molecule has 0 spiro atoms. The number of unbranched alkanes of at least 4 members (excludes halogenated alkanes) is 1. The average Bonchev–Trinajstić information content (AvgIpc) is 2.68. The minimum atomic E-state index is -0.279. The Morgan fingerprint density at radius 3 is 2.86 bits per heavy atom. The molecule has 166 valence electrons. The van der Waals surface area contributed by atoms with Crippen molar-refractivity contribution in [2.45, 2.75) is 31.9 Å². The van der Waals surface area contributed by atoms with Crippen molar-refractivity contribution >= 4 is 53.3 Å². The van der Waals surface area contributed by atoms with Crippen molar-refractivity contribution in [2.75, 3.05) is 51.8 Å². The minimum Gasteiger partial charge on any atom is -0.376 e. The highest BCUT2D eigenvalue weighted by Crippen LogP contribution is 2.31. The number of rotatable bonds is 9. The lowest BCUT2D eigenvalue weighted by molar-refractivity contribution is -0.0343. The van der Waals surface area contributed by atoms with E-state index >= 15 is 0 Å². The summed E-state index contributed by atoms with van der Waals surface area (Å²) in [6.07, 6.45) is 4.49. The summed E-state index contributed by atoms with van der Waals surface area (Å²) < 4.78 is 20.3. The first-order chi connectivity index (χ1) is 13.6. The van der Waals surface area contributed by atoms with E-state index in [2.05, 4.69) is 26.8 Å². The summed E-state index contributed by atoms with van der Waals surface area (Å²) in [5, 5.41) is 7.14. The Morgan fingerprint density at radius 1 is 1.41 bits per heavy atom. The van der Waals surface area contributed by atoms with Crippen LogP contribution in [0.1, 0.15) is 31.4 Å². The number of thioether (sulfide) groups is 1. The van der Waals surface area contributed by atoms with Gasteiger partial charge in [0.25, 0.3) is 0 Å². The van der Waals surface area contributed by atoms with Gasteiger partial charge in [-0.15, -0.1) is 24.0 Å². The summed E-state index contributed by atoms with van der Waals surface area (Å²) in [5.74, 6) is 1.61. The van der Waals surface area contributed by atoms with Gasteiger partial charge >= 0.3 is 0 Å². The van der Waals surface area contributed by atoms with E-state index in [1.54, 1.807) is 19.2 Å². The highest BCUT2D eigenvalue weighted by molar-refractivity contribution is 14.0. The third kappa shape index (κ3) is 8.77. The molecule has 0 bridgehead atoms. The Kier molecular flexibility index (Phi) is 13.5. The highest BCUT2D eigenvalue weighted by atomic mass is 127. The summed E-state index contributed by atoms with van der Waals surface area (Å²) in [4.78, 5) is 6.53. The van der Waals surface area contributed by atoms with Crippen molar-refractivity contribution in [1.29, 1.82) is 0 Å². The molecule has 0 aromatic heterocycles. The molecule has 0 saturated carbocycles. The summed E-state index contributed by atoms with van der Waals surface area (Å²) in [5.41, 5.74) is 0.529. The molecule has 0 amide bonds. The molecule has 1 aromatic rings. The van der Waals surface area contributed by atoms with Gasteiger partial charge < -0.3 is 15.4 Å². The highest BCUT2D eigenvalue weighted by Gasteiger charge is 2.29. The normalized spacial score (nSPS) is 18.8. The summed E-state index contributed by atoms with van der Waals surface area (Å²) in [6, 6.07) is 4.66. The van der Waals surface area contributed by atoms with Crippen LogP contribution in [0.3, 0.4) is 0 Å². The first kappa shape index (κ1) is 26.7. The summed E-state index contributed by atoms with van der Waals surface area (Å²) >= 11 is 8.25. The SMILES string of the molecule is CN=C(NCCCCSC)NCC(c1c(F)cccc1Cl)N1CCOC(C)C1.I. The van der Waals surface area contributed by atoms with E-state index < -0.39 is 0 Å². The van der Waals surface area contributed by atoms with Crippen molar-refractivity contribution in [3.05, 3.63) is 34.6 Å². The maximum Gasteiger partial charge on any atom is 0.191 e. The molecule has 2 atom stereocenters. The molecule has 29 heavy (non-hydrogen) atoms. The van der Waals surface area contributed by atoms with Gasteiger partial charge in [-0.05, 0) is 43.9 Å². The zero-order valence-corrected chi connectivity index (χ0v) is 21.3. The molecule has 2 unspecified atom stereocenters. The van der Waals surface area contributed by atoms with Gasteiger partial charge in [-0.1, -0.05) is 17.7 Å². The third-order valence-electron chi connectivity index (χ3n) is 4.80. The number of nitrogens with zero attached hydrogens (tertiary/aromatic N) is 2. The quantitative estimate of drug-likeness (QED) is 0.206. The molecule has 1 fully saturated rings. The molecule has 5 nitrogen and oxygen atoms in total. The number of nitrogens with one attached hydrogen (secondary N) is 2. The van der Waals surface area contributed by atoms with Crippen LogP contribution < -0.4 is 10.6 Å². The fourth-order valence-corrected chi connectivity index (χ4v) is 4.15. The predicted octanol–water partition coefficient (Wildman–Crippen LogP) is 4.17. The molecule has 0 radical (unpaired) electrons. The second-order valence-electron chi connectivity index (χ2n) is 6.91. The van der Waals surface area contributed by atoms with Gasteiger partial charge in [0.1, 0.15) is 5.82 Å². The van der Waals surface area contributed by atoms with Crippen LogP contribution in [-0.2, 0) is 4.74 Å². The maximum absolute atomic E-state index is 14.7. The minimum absolute atomic E-state index is 0. The van der Waals surface area contributed by atoms with E-state index in [1.165, 1.54) is 12.5 Å². The van der Waals surface area contributed by atoms with Crippen LogP contribution in [0.2, 0.25) is 5.02 Å². The van der Waals surface area contributed by atoms with Gasteiger partial charge in [0.05, 0.1) is 18.8 Å². The Balaban J connectivity index is 0.00000420. The number of halogens is 3. The number of ether oxygens (including phenoxy) is 1. The summed E-state index contributed by atoms with van der Waals surface area (Å²) in [6.45, 7) is 5.51. The number of hydrogen-bond donors (Lipinski definition) is 2. The van der Waals surface area contributed by atoms with Crippen LogP contribution in [0.5, 0.6) is 0 Å². The van der Waals surface area contributed by atoms with Crippen LogP contribution in [0.15, 0.2) is 23.2 Å². The number of benzene rings is 1. The van der Waals surface area contributed by atoms with Gasteiger partial charge in [0, 0.05) is 43.8 Å². The van der Waals surface area contributed by atoms with E-state index in [1.807, 2.05) is 18.7 Å². The lowest BCUT2D eigenvalue weighted by atomic mass is 10.0. The van der Waals surface area contributed by atoms with Crippen LogP contribution in [-0.4, -0.2) is 68.8 Å². The standard InChI is InChI=1S/C20H32ClFN4OS.HI/c1-15-14-26(10-11-27-15)18(19-16(21)7-6-8-17(19)22)13-25-20(23-2)24-9-4-5-12-28-3;/h6-8,15,18H,4-5,9-14H2,1-3H3,(H2,23,24,25);1H. The molecular weight excluding hydrogens is 526 g/mol. The van der Waals surface area contributed by atoms with Crippen molar-refractivity contribution in [1.82, 2.24) is 15.5 Å². The first-order valence-corrected chi connectivity index (χ1v) is 11.6. The molecule has 2 N–H and O–H groups in total. The van der Waals surface area contributed by atoms with E-state index in [-0.39, 0.29) is 41.9 Å². The molecule has 2 rings (SSSR count). The first-order valence-electron chi connectivity index (χ1n) is 9.79. The molecule has 9 heteroatoms. The Labute approximate surface area is 200 Å². The topological polar surface area (TPSA) is 48.9 Å². The molecule has 1 aromatic carbocycles. The number of guanidine groups is 1. The molecule has 1 aliphatic rings. The monoisotopic (exact) mass is 558 g/mol. The van der Waals surface area contributed by atoms with Crippen LogP contribution in [0, 0.1) is 5.82 Å². The third-order valence-corrected chi connectivity index (χ3v) is 5.83. The zero-order chi connectivity index (χ0) is 20.4. The Bertz CT molecular complexity index is 620. The van der Waals surface area contributed by atoms with Crippen LogP contribution >= 0.6 is 47.3 Å². The Morgan fingerprint density at radius 2 is 2.21 bits per heavy atom. The molecule has 1 heterocycles. The van der Waals surface area contributed by atoms with Gasteiger partial charge in [0.15, 0.2) is 5.96 Å². The largest absolute Gasteiger partial charge is 0.376 e. The molecule has 1 aliphatic heterocycles. The molecule has 0 aliphatic carbocycles. The molecular formula is C20H33ClFIN4OS. The average molecular weight is 559 g/mol. The number of aliphatic imine (C=N–C) groups is 1. The van der Waals surface area contributed by atoms with Gasteiger partial charge in [0.2, 0.25) is 0 Å².